The number of aliphatic hydroxyl groups excluding tert-OH is 2. The minimum absolute atomic E-state index is 0.0253. The molecule has 15 heavy (non-hydrogen) atoms. The molecule has 1 fully saturated rings. The molecule has 0 saturated carbocycles. The summed E-state index contributed by atoms with van der Waals surface area (Å²) < 4.78 is 0. The van der Waals surface area contributed by atoms with Crippen LogP contribution in [-0.2, 0) is 6.61 Å². The molecular formula is C11H14ClNO2. The zero-order chi connectivity index (χ0) is 10.8. The van der Waals surface area contributed by atoms with Crippen molar-refractivity contribution in [3.05, 3.63) is 28.8 Å². The molecule has 0 spiro atoms. The van der Waals surface area contributed by atoms with Crippen molar-refractivity contribution in [3.63, 3.8) is 0 Å². The van der Waals surface area contributed by atoms with Gasteiger partial charge in [-0.3, -0.25) is 0 Å². The lowest BCUT2D eigenvalue weighted by Crippen LogP contribution is -2.22. The molecule has 0 aliphatic carbocycles. The van der Waals surface area contributed by atoms with Crippen LogP contribution in [0.5, 0.6) is 0 Å². The third-order valence-electron chi connectivity index (χ3n) is 2.72. The summed E-state index contributed by atoms with van der Waals surface area (Å²) in [6, 6.07) is 5.47. The second-order valence-corrected chi connectivity index (χ2v) is 4.26. The smallest absolute Gasteiger partial charge is 0.0731 e. The number of hydrogen-bond donors (Lipinski definition) is 2. The Morgan fingerprint density at radius 2 is 2.27 bits per heavy atom. The van der Waals surface area contributed by atoms with Gasteiger partial charge in [-0.1, -0.05) is 11.6 Å². The van der Waals surface area contributed by atoms with Crippen LogP contribution in [0.25, 0.3) is 0 Å². The average molecular weight is 228 g/mol. The number of hydrogen-bond acceptors (Lipinski definition) is 3. The lowest BCUT2D eigenvalue weighted by Gasteiger charge is -2.20. The van der Waals surface area contributed by atoms with E-state index in [1.807, 2.05) is 6.07 Å². The molecule has 1 saturated heterocycles. The van der Waals surface area contributed by atoms with E-state index < -0.39 is 0 Å². The number of halogens is 1. The van der Waals surface area contributed by atoms with E-state index in [1.54, 1.807) is 12.1 Å². The van der Waals surface area contributed by atoms with E-state index in [2.05, 4.69) is 4.90 Å². The maximum atomic E-state index is 9.45. The molecule has 0 aromatic heterocycles. The summed E-state index contributed by atoms with van der Waals surface area (Å²) in [5.74, 6) is 0. The van der Waals surface area contributed by atoms with Crippen LogP contribution in [0.2, 0.25) is 5.02 Å². The normalized spacial score (nSPS) is 21.0. The van der Waals surface area contributed by atoms with Crippen LogP contribution in [0, 0.1) is 0 Å². The van der Waals surface area contributed by atoms with E-state index in [1.165, 1.54) is 0 Å². The Bertz CT molecular complexity index is 356. The summed E-state index contributed by atoms with van der Waals surface area (Å²) in [7, 11) is 0. The molecular weight excluding hydrogens is 214 g/mol. The predicted molar refractivity (Wildman–Crippen MR) is 60.2 cm³/mol. The first-order valence-corrected chi connectivity index (χ1v) is 5.41. The summed E-state index contributed by atoms with van der Waals surface area (Å²) in [4.78, 5) is 2.08. The first-order valence-electron chi connectivity index (χ1n) is 5.03. The van der Waals surface area contributed by atoms with E-state index >= 15 is 0 Å². The standard InChI is InChI=1S/C11H14ClNO2/c12-9-1-2-11(8(5-9)7-14)13-4-3-10(15)6-13/h1-2,5,10,14-15H,3-4,6-7H2. The van der Waals surface area contributed by atoms with Gasteiger partial charge in [0.15, 0.2) is 0 Å². The Morgan fingerprint density at radius 1 is 1.47 bits per heavy atom. The molecule has 82 valence electrons. The highest BCUT2D eigenvalue weighted by Gasteiger charge is 2.22. The highest BCUT2D eigenvalue weighted by Crippen LogP contribution is 2.27. The Morgan fingerprint density at radius 3 is 2.87 bits per heavy atom. The molecule has 1 atom stereocenters. The Hall–Kier alpha value is -0.770. The molecule has 0 amide bonds. The zero-order valence-electron chi connectivity index (χ0n) is 8.36. The van der Waals surface area contributed by atoms with Crippen LogP contribution in [-0.4, -0.2) is 29.4 Å². The first kappa shape index (κ1) is 10.7. The van der Waals surface area contributed by atoms with Gasteiger partial charge in [0.2, 0.25) is 0 Å². The largest absolute Gasteiger partial charge is 0.392 e. The second-order valence-electron chi connectivity index (χ2n) is 3.82. The lowest BCUT2D eigenvalue weighted by molar-refractivity contribution is 0.198. The van der Waals surface area contributed by atoms with Crippen molar-refractivity contribution in [2.24, 2.45) is 0 Å². The van der Waals surface area contributed by atoms with Crippen molar-refractivity contribution < 1.29 is 10.2 Å². The van der Waals surface area contributed by atoms with E-state index in [9.17, 15) is 10.2 Å². The fourth-order valence-corrected chi connectivity index (χ4v) is 2.14. The molecule has 1 aromatic rings. The summed E-state index contributed by atoms with van der Waals surface area (Å²) in [5, 5.41) is 19.3. The molecule has 1 aliphatic rings. The van der Waals surface area contributed by atoms with Gasteiger partial charge >= 0.3 is 0 Å². The molecule has 1 unspecified atom stereocenters. The quantitative estimate of drug-likeness (QED) is 0.803. The maximum Gasteiger partial charge on any atom is 0.0731 e. The monoisotopic (exact) mass is 227 g/mol. The number of aliphatic hydroxyl groups is 2. The SMILES string of the molecule is OCc1cc(Cl)ccc1N1CCC(O)C1. The van der Waals surface area contributed by atoms with Crippen molar-refractivity contribution in [2.45, 2.75) is 19.1 Å². The van der Waals surface area contributed by atoms with Crippen molar-refractivity contribution in [2.75, 3.05) is 18.0 Å². The van der Waals surface area contributed by atoms with Crippen LogP contribution in [0.15, 0.2) is 18.2 Å². The van der Waals surface area contributed by atoms with Crippen LogP contribution in [0.1, 0.15) is 12.0 Å². The van der Waals surface area contributed by atoms with E-state index in [0.717, 1.165) is 24.2 Å². The Kier molecular flexibility index (Phi) is 3.14. The molecule has 0 bridgehead atoms. The summed E-state index contributed by atoms with van der Waals surface area (Å²) in [6.45, 7) is 1.44. The van der Waals surface area contributed by atoms with Crippen LogP contribution >= 0.6 is 11.6 Å². The lowest BCUT2D eigenvalue weighted by atomic mass is 10.1. The Labute approximate surface area is 93.9 Å². The third kappa shape index (κ3) is 2.25. The molecule has 1 aromatic carbocycles. The molecule has 1 heterocycles. The predicted octanol–water partition coefficient (Wildman–Crippen LogP) is 1.40. The van der Waals surface area contributed by atoms with Crippen molar-refractivity contribution in [1.29, 1.82) is 0 Å². The van der Waals surface area contributed by atoms with Crippen LogP contribution < -0.4 is 4.90 Å². The first-order chi connectivity index (χ1) is 7.20. The van der Waals surface area contributed by atoms with Gasteiger partial charge in [0, 0.05) is 29.4 Å². The molecule has 0 radical (unpaired) electrons. The van der Waals surface area contributed by atoms with Crippen molar-refractivity contribution in [1.82, 2.24) is 0 Å². The third-order valence-corrected chi connectivity index (χ3v) is 2.95. The number of rotatable bonds is 2. The number of anilines is 1. The number of β-amino-alcohol motifs (C(OH)–C–C–N with tert-alkyl or cyclic N) is 1. The van der Waals surface area contributed by atoms with E-state index in [4.69, 9.17) is 11.6 Å². The maximum absolute atomic E-state index is 9.45. The minimum atomic E-state index is -0.257. The van der Waals surface area contributed by atoms with Gasteiger partial charge in [-0.2, -0.15) is 0 Å². The molecule has 1 aliphatic heterocycles. The molecule has 2 N–H and O–H groups in total. The van der Waals surface area contributed by atoms with Gasteiger partial charge in [-0.25, -0.2) is 0 Å². The van der Waals surface area contributed by atoms with Crippen molar-refractivity contribution in [3.8, 4) is 0 Å². The summed E-state index contributed by atoms with van der Waals surface area (Å²) >= 11 is 5.85. The number of nitrogens with zero attached hydrogens (tertiary/aromatic N) is 1. The van der Waals surface area contributed by atoms with Gasteiger partial charge in [-0.15, -0.1) is 0 Å². The van der Waals surface area contributed by atoms with E-state index in [0.29, 0.717) is 11.6 Å². The molecule has 4 heteroatoms. The van der Waals surface area contributed by atoms with Gasteiger partial charge in [-0.05, 0) is 24.6 Å². The van der Waals surface area contributed by atoms with Gasteiger partial charge in [0.25, 0.3) is 0 Å². The average Bonchev–Trinajstić information content (AvgIpc) is 2.64. The molecule has 2 rings (SSSR count). The number of benzene rings is 1. The fourth-order valence-electron chi connectivity index (χ4n) is 1.95. The highest BCUT2D eigenvalue weighted by molar-refractivity contribution is 6.30. The van der Waals surface area contributed by atoms with Gasteiger partial charge in [0.1, 0.15) is 0 Å². The molecule has 3 nitrogen and oxygen atoms in total. The van der Waals surface area contributed by atoms with Crippen LogP contribution in [0.3, 0.4) is 0 Å². The van der Waals surface area contributed by atoms with Crippen LogP contribution in [0.4, 0.5) is 5.69 Å². The fraction of sp³-hybridized carbons (Fsp3) is 0.455. The zero-order valence-corrected chi connectivity index (χ0v) is 9.11. The highest BCUT2D eigenvalue weighted by atomic mass is 35.5. The summed E-state index contributed by atoms with van der Waals surface area (Å²) in [5.41, 5.74) is 1.79. The van der Waals surface area contributed by atoms with Gasteiger partial charge < -0.3 is 15.1 Å². The van der Waals surface area contributed by atoms with Gasteiger partial charge in [0.05, 0.1) is 12.7 Å². The Balaban J connectivity index is 2.27. The topological polar surface area (TPSA) is 43.7 Å². The summed E-state index contributed by atoms with van der Waals surface area (Å²) in [6.07, 6.45) is 0.528. The second kappa shape index (κ2) is 4.39. The van der Waals surface area contributed by atoms with Crippen molar-refractivity contribution >= 4 is 17.3 Å². The van der Waals surface area contributed by atoms with E-state index in [-0.39, 0.29) is 12.7 Å². The minimum Gasteiger partial charge on any atom is -0.392 e.